The van der Waals surface area contributed by atoms with E-state index in [0.717, 1.165) is 45.2 Å². The zero-order valence-corrected chi connectivity index (χ0v) is 11.0. The van der Waals surface area contributed by atoms with E-state index in [4.69, 9.17) is 10.5 Å². The van der Waals surface area contributed by atoms with E-state index in [2.05, 4.69) is 11.8 Å². The lowest BCUT2D eigenvalue weighted by Gasteiger charge is -2.34. The third-order valence-corrected chi connectivity index (χ3v) is 3.66. The van der Waals surface area contributed by atoms with Crippen molar-refractivity contribution in [3.8, 4) is 0 Å². The van der Waals surface area contributed by atoms with E-state index in [0.29, 0.717) is 12.0 Å². The van der Waals surface area contributed by atoms with Gasteiger partial charge in [0.25, 0.3) is 0 Å². The fourth-order valence-electron chi connectivity index (χ4n) is 2.18. The normalized spacial score (nSPS) is 31.1. The first-order valence-electron chi connectivity index (χ1n) is 6.31. The zero-order chi connectivity index (χ0) is 10.7. The van der Waals surface area contributed by atoms with Gasteiger partial charge in [-0.25, -0.2) is 0 Å². The molecule has 0 bridgehead atoms. The van der Waals surface area contributed by atoms with Gasteiger partial charge in [0.05, 0.1) is 6.61 Å². The molecule has 2 rings (SSSR count). The van der Waals surface area contributed by atoms with Crippen LogP contribution in [0.15, 0.2) is 0 Å². The highest BCUT2D eigenvalue weighted by Gasteiger charge is 2.23. The zero-order valence-electron chi connectivity index (χ0n) is 10.2. The minimum absolute atomic E-state index is 0. The van der Waals surface area contributed by atoms with Crippen molar-refractivity contribution in [1.29, 1.82) is 0 Å². The predicted molar refractivity (Wildman–Crippen MR) is 69.0 cm³/mol. The van der Waals surface area contributed by atoms with Gasteiger partial charge in [0.15, 0.2) is 0 Å². The fraction of sp³-hybridized carbons (Fsp3) is 1.00. The topological polar surface area (TPSA) is 38.5 Å². The number of hydrogen-bond acceptors (Lipinski definition) is 3. The molecule has 2 fully saturated rings. The van der Waals surface area contributed by atoms with Gasteiger partial charge in [-0.3, -0.25) is 0 Å². The summed E-state index contributed by atoms with van der Waals surface area (Å²) in [7, 11) is 0. The van der Waals surface area contributed by atoms with Crippen LogP contribution in [0.4, 0.5) is 0 Å². The molecule has 0 radical (unpaired) electrons. The highest BCUT2D eigenvalue weighted by atomic mass is 35.5. The predicted octanol–water partition coefficient (Wildman–Crippen LogP) is 1.50. The summed E-state index contributed by atoms with van der Waals surface area (Å²) in [6, 6.07) is 0.411. The molecule has 2 unspecified atom stereocenters. The van der Waals surface area contributed by atoms with E-state index in [9.17, 15) is 0 Å². The summed E-state index contributed by atoms with van der Waals surface area (Å²) >= 11 is 0. The summed E-state index contributed by atoms with van der Waals surface area (Å²) in [5.41, 5.74) is 5.99. The molecule has 0 aromatic rings. The third-order valence-electron chi connectivity index (χ3n) is 3.66. The molecule has 2 aliphatic rings. The molecular weight excluding hydrogens is 224 g/mol. The van der Waals surface area contributed by atoms with E-state index in [1.165, 1.54) is 12.8 Å². The van der Waals surface area contributed by atoms with Gasteiger partial charge in [-0.05, 0) is 37.6 Å². The molecule has 1 saturated carbocycles. The number of ether oxygens (including phenoxy) is 1. The Hall–Kier alpha value is 0.170. The lowest BCUT2D eigenvalue weighted by atomic mass is 9.95. The van der Waals surface area contributed by atoms with E-state index in [1.54, 1.807) is 0 Å². The molecule has 3 nitrogen and oxygen atoms in total. The van der Waals surface area contributed by atoms with Crippen LogP contribution in [-0.4, -0.2) is 43.8 Å². The molecule has 1 aliphatic heterocycles. The molecule has 0 aromatic carbocycles. The van der Waals surface area contributed by atoms with Crippen LogP contribution in [-0.2, 0) is 4.74 Å². The molecule has 0 spiro atoms. The molecule has 1 saturated heterocycles. The van der Waals surface area contributed by atoms with E-state index in [-0.39, 0.29) is 12.4 Å². The van der Waals surface area contributed by atoms with Crippen LogP contribution >= 0.6 is 12.4 Å². The van der Waals surface area contributed by atoms with Crippen LogP contribution in [0.25, 0.3) is 0 Å². The number of rotatable bonds is 5. The van der Waals surface area contributed by atoms with Crippen molar-refractivity contribution < 1.29 is 4.74 Å². The maximum absolute atomic E-state index is 5.99. The highest BCUT2D eigenvalue weighted by molar-refractivity contribution is 5.85. The Labute approximate surface area is 105 Å². The maximum Gasteiger partial charge on any atom is 0.0593 e. The smallest absolute Gasteiger partial charge is 0.0593 e. The first kappa shape index (κ1) is 14.2. The molecule has 16 heavy (non-hydrogen) atoms. The first-order chi connectivity index (χ1) is 7.25. The Morgan fingerprint density at radius 3 is 2.69 bits per heavy atom. The van der Waals surface area contributed by atoms with Gasteiger partial charge in [-0.2, -0.15) is 0 Å². The monoisotopic (exact) mass is 248 g/mol. The van der Waals surface area contributed by atoms with Gasteiger partial charge in [0.2, 0.25) is 0 Å². The van der Waals surface area contributed by atoms with E-state index in [1.807, 2.05) is 0 Å². The summed E-state index contributed by atoms with van der Waals surface area (Å²) in [4.78, 5) is 2.49. The largest absolute Gasteiger partial charge is 0.380 e. The second-order valence-electron chi connectivity index (χ2n) is 5.25. The SMILES string of the molecule is CC1CN(CCOCC2CC2)CCC1N.Cl. The van der Waals surface area contributed by atoms with E-state index >= 15 is 0 Å². The van der Waals surface area contributed by atoms with Gasteiger partial charge >= 0.3 is 0 Å². The van der Waals surface area contributed by atoms with Crippen molar-refractivity contribution in [1.82, 2.24) is 4.90 Å². The quantitative estimate of drug-likeness (QED) is 0.750. The first-order valence-corrected chi connectivity index (χ1v) is 6.31. The van der Waals surface area contributed by atoms with Gasteiger partial charge < -0.3 is 15.4 Å². The Bertz CT molecular complexity index is 199. The summed E-state index contributed by atoms with van der Waals surface area (Å²) in [6.07, 6.45) is 3.91. The second-order valence-corrected chi connectivity index (χ2v) is 5.25. The lowest BCUT2D eigenvalue weighted by Crippen LogP contribution is -2.46. The van der Waals surface area contributed by atoms with Crippen LogP contribution < -0.4 is 5.73 Å². The summed E-state index contributed by atoms with van der Waals surface area (Å²) in [5.74, 6) is 1.53. The molecule has 0 amide bonds. The van der Waals surface area contributed by atoms with Gasteiger partial charge in [0.1, 0.15) is 0 Å². The van der Waals surface area contributed by atoms with Gasteiger partial charge in [-0.15, -0.1) is 12.4 Å². The Morgan fingerprint density at radius 1 is 1.31 bits per heavy atom. The molecule has 2 N–H and O–H groups in total. The summed E-state index contributed by atoms with van der Waals surface area (Å²) in [5, 5.41) is 0. The van der Waals surface area contributed by atoms with Crippen molar-refractivity contribution in [3.63, 3.8) is 0 Å². The molecular formula is C12H25ClN2O. The van der Waals surface area contributed by atoms with Crippen molar-refractivity contribution in [2.24, 2.45) is 17.6 Å². The van der Waals surface area contributed by atoms with Crippen molar-refractivity contribution in [3.05, 3.63) is 0 Å². The number of nitrogens with zero attached hydrogens (tertiary/aromatic N) is 1. The Balaban J connectivity index is 0.00000128. The Kier molecular flexibility index (Phi) is 6.05. The van der Waals surface area contributed by atoms with E-state index < -0.39 is 0 Å². The van der Waals surface area contributed by atoms with Crippen LogP contribution in [0.5, 0.6) is 0 Å². The average Bonchev–Trinajstić information content (AvgIpc) is 3.02. The van der Waals surface area contributed by atoms with Crippen LogP contribution in [0.3, 0.4) is 0 Å². The molecule has 2 atom stereocenters. The molecule has 1 aliphatic carbocycles. The molecule has 1 heterocycles. The van der Waals surface area contributed by atoms with Crippen molar-refractivity contribution in [2.45, 2.75) is 32.2 Å². The van der Waals surface area contributed by atoms with Crippen LogP contribution in [0.1, 0.15) is 26.2 Å². The number of halogens is 1. The molecule has 4 heteroatoms. The average molecular weight is 249 g/mol. The van der Waals surface area contributed by atoms with Crippen LogP contribution in [0.2, 0.25) is 0 Å². The number of nitrogens with two attached hydrogens (primary N) is 1. The number of likely N-dealkylation sites (tertiary alicyclic amines) is 1. The minimum atomic E-state index is 0. The minimum Gasteiger partial charge on any atom is -0.380 e. The Morgan fingerprint density at radius 2 is 2.06 bits per heavy atom. The fourth-order valence-corrected chi connectivity index (χ4v) is 2.18. The number of piperidine rings is 1. The van der Waals surface area contributed by atoms with Crippen molar-refractivity contribution in [2.75, 3.05) is 32.8 Å². The van der Waals surface area contributed by atoms with Gasteiger partial charge in [-0.1, -0.05) is 6.92 Å². The standard InChI is InChI=1S/C12H24N2O.ClH/c1-10-8-14(5-4-12(10)13)6-7-15-9-11-2-3-11;/h10-12H,2-9,13H2,1H3;1H. The summed E-state index contributed by atoms with van der Waals surface area (Å²) < 4.78 is 5.65. The second kappa shape index (κ2) is 6.80. The lowest BCUT2D eigenvalue weighted by molar-refractivity contribution is 0.0773. The maximum atomic E-state index is 5.99. The third kappa shape index (κ3) is 4.58. The number of hydrogen-bond donors (Lipinski definition) is 1. The van der Waals surface area contributed by atoms with Crippen molar-refractivity contribution >= 4 is 12.4 Å². The highest BCUT2D eigenvalue weighted by Crippen LogP contribution is 2.28. The molecule has 96 valence electrons. The van der Waals surface area contributed by atoms with Gasteiger partial charge in [0, 0.05) is 25.7 Å². The molecule has 0 aromatic heterocycles. The summed E-state index contributed by atoms with van der Waals surface area (Å²) in [6.45, 7) is 7.53. The van der Waals surface area contributed by atoms with Crippen LogP contribution in [0, 0.1) is 11.8 Å².